The van der Waals surface area contributed by atoms with Crippen LogP contribution in [0.1, 0.15) is 323 Å². The van der Waals surface area contributed by atoms with Gasteiger partial charge >= 0.3 is 39.5 Å². The molecule has 0 heterocycles. The first kappa shape index (κ1) is 90.5. The van der Waals surface area contributed by atoms with Gasteiger partial charge in [0.2, 0.25) is 0 Å². The third-order valence-electron chi connectivity index (χ3n) is 15.7. The Labute approximate surface area is 571 Å². The molecule has 0 radical (unpaired) electrons. The number of phosphoric ester groups is 2. The van der Waals surface area contributed by atoms with Crippen LogP contribution >= 0.6 is 15.6 Å². The monoisotopic (exact) mass is 1370 g/mol. The zero-order valence-electron chi connectivity index (χ0n) is 59.4. The molecule has 19 heteroatoms. The summed E-state index contributed by atoms with van der Waals surface area (Å²) in [5, 5.41) is 10.6. The average molecular weight is 1370 g/mol. The highest BCUT2D eigenvalue weighted by molar-refractivity contribution is 7.47. The van der Waals surface area contributed by atoms with Crippen molar-refractivity contribution in [2.45, 2.75) is 341 Å². The van der Waals surface area contributed by atoms with Gasteiger partial charge in [-0.25, -0.2) is 9.13 Å². The van der Waals surface area contributed by atoms with Crippen molar-refractivity contribution in [3.63, 3.8) is 0 Å². The van der Waals surface area contributed by atoms with Gasteiger partial charge in [-0.2, -0.15) is 0 Å². The summed E-state index contributed by atoms with van der Waals surface area (Å²) in [6.45, 7) is 4.71. The number of hydrogen-bond acceptors (Lipinski definition) is 15. The molecule has 5 atom stereocenters. The summed E-state index contributed by atoms with van der Waals surface area (Å²) >= 11 is 0. The SMILES string of the molecule is CC/C=C\C/C=C\C/C=C\C/C=C\C/C=C\CCCCCC(=O)OCC(COP(=O)(O)OCC(O)COP(=O)(O)OCC(COC(=O)CCCCCCCCCCCCC)OC(=O)CCCCCCCCCCCCC)OC(=O)CCCCCCC/C=C\CCCCCC. The fraction of sp³-hybridized carbons (Fsp3) is 0.787. The van der Waals surface area contributed by atoms with E-state index in [1.165, 1.54) is 109 Å². The molecule has 0 aliphatic rings. The van der Waals surface area contributed by atoms with E-state index in [0.29, 0.717) is 25.7 Å². The van der Waals surface area contributed by atoms with Crippen LogP contribution in [0.15, 0.2) is 72.9 Å². The lowest BCUT2D eigenvalue weighted by Crippen LogP contribution is -2.30. The van der Waals surface area contributed by atoms with E-state index >= 15 is 0 Å². The Morgan fingerprint density at radius 1 is 0.309 bits per heavy atom. The van der Waals surface area contributed by atoms with Gasteiger partial charge in [-0.1, -0.05) is 274 Å². The second kappa shape index (κ2) is 68.0. The Hall–Kier alpha value is -3.50. The Morgan fingerprint density at radius 2 is 0.553 bits per heavy atom. The second-order valence-electron chi connectivity index (χ2n) is 24.9. The summed E-state index contributed by atoms with van der Waals surface area (Å²) in [5.74, 6) is -2.20. The van der Waals surface area contributed by atoms with Crippen molar-refractivity contribution in [3.8, 4) is 0 Å². The van der Waals surface area contributed by atoms with Gasteiger partial charge in [0.1, 0.15) is 19.3 Å². The van der Waals surface area contributed by atoms with Gasteiger partial charge in [0.25, 0.3) is 0 Å². The molecule has 0 rings (SSSR count). The summed E-state index contributed by atoms with van der Waals surface area (Å²) in [7, 11) is -9.93. The lowest BCUT2D eigenvalue weighted by molar-refractivity contribution is -0.161. The van der Waals surface area contributed by atoms with E-state index in [-0.39, 0.29) is 25.7 Å². The largest absolute Gasteiger partial charge is 0.472 e. The summed E-state index contributed by atoms with van der Waals surface area (Å²) in [4.78, 5) is 72.6. The number of aliphatic hydroxyl groups excluding tert-OH is 1. The lowest BCUT2D eigenvalue weighted by atomic mass is 10.1. The van der Waals surface area contributed by atoms with Crippen LogP contribution in [-0.4, -0.2) is 96.7 Å². The number of carbonyl (C=O) groups is 4. The van der Waals surface area contributed by atoms with Crippen LogP contribution in [0.2, 0.25) is 0 Å². The average Bonchev–Trinajstić information content (AvgIpc) is 1.73. The molecule has 0 aliphatic heterocycles. The molecule has 0 amide bonds. The van der Waals surface area contributed by atoms with E-state index in [9.17, 15) is 43.2 Å². The molecule has 0 aliphatic carbocycles. The number of unbranched alkanes of at least 4 members (excludes halogenated alkanes) is 32. The number of rotatable bonds is 70. The van der Waals surface area contributed by atoms with Gasteiger partial charge in [-0.15, -0.1) is 0 Å². The summed E-state index contributed by atoms with van der Waals surface area (Å²) in [6.07, 6.45) is 66.2. The van der Waals surface area contributed by atoms with Crippen molar-refractivity contribution in [1.29, 1.82) is 0 Å². The number of phosphoric acid groups is 2. The third-order valence-corrected chi connectivity index (χ3v) is 17.6. The standard InChI is InChI=1S/C75H134O17P2/c1-5-9-13-17-21-25-29-31-32-33-34-35-36-38-41-44-48-52-56-60-73(78)86-66-71(92-75(80)62-58-54-50-46-42-37-30-26-22-18-14-10-6-2)68-90-94(83,84)88-64-69(76)63-87-93(81,82)89-67-70(91-74(79)61-57-53-49-45-40-28-24-20-16-12-8-4)65-85-72(77)59-55-51-47-43-39-27-23-19-15-11-7-3/h9,13,21,25-26,30-32,34-35,38,41,69-71,76H,5-8,10-12,14-20,22-24,27-29,33,36-37,39-40,42-68H2,1-4H3,(H,81,82)(H,83,84)/b13-9-,25-21-,30-26-,32-31-,35-34-,41-38-. The number of ether oxygens (including phenoxy) is 4. The molecule has 3 N–H and O–H groups in total. The van der Waals surface area contributed by atoms with Gasteiger partial charge in [0.05, 0.1) is 26.4 Å². The molecule has 0 saturated carbocycles. The zero-order chi connectivity index (χ0) is 69.0. The van der Waals surface area contributed by atoms with Crippen molar-refractivity contribution < 1.29 is 80.2 Å². The van der Waals surface area contributed by atoms with E-state index in [2.05, 4.69) is 101 Å². The summed E-state index contributed by atoms with van der Waals surface area (Å²) < 4.78 is 68.3. The van der Waals surface area contributed by atoms with Crippen LogP contribution < -0.4 is 0 Å². The highest BCUT2D eigenvalue weighted by atomic mass is 31.2. The van der Waals surface area contributed by atoms with Gasteiger partial charge in [0.15, 0.2) is 12.2 Å². The van der Waals surface area contributed by atoms with Crippen LogP contribution in [0.3, 0.4) is 0 Å². The Bertz CT molecular complexity index is 2070. The summed E-state index contributed by atoms with van der Waals surface area (Å²) in [6, 6.07) is 0. The topological polar surface area (TPSA) is 237 Å². The van der Waals surface area contributed by atoms with Crippen molar-refractivity contribution in [2.75, 3.05) is 39.6 Å². The molecule has 0 bridgehead atoms. The van der Waals surface area contributed by atoms with Crippen molar-refractivity contribution in [2.24, 2.45) is 0 Å². The van der Waals surface area contributed by atoms with E-state index < -0.39 is 97.5 Å². The minimum Gasteiger partial charge on any atom is -0.462 e. The minimum absolute atomic E-state index is 0.0795. The molecule has 0 aromatic carbocycles. The molecule has 0 fully saturated rings. The van der Waals surface area contributed by atoms with Gasteiger partial charge in [-0.05, 0) is 96.3 Å². The Balaban J connectivity index is 5.31. The highest BCUT2D eigenvalue weighted by Gasteiger charge is 2.30. The van der Waals surface area contributed by atoms with Gasteiger partial charge < -0.3 is 33.8 Å². The molecular formula is C75H134O17P2. The zero-order valence-corrected chi connectivity index (χ0v) is 61.2. The van der Waals surface area contributed by atoms with Crippen LogP contribution in [0, 0.1) is 0 Å². The first-order chi connectivity index (χ1) is 45.7. The molecule has 5 unspecified atom stereocenters. The third kappa shape index (κ3) is 67.1. The fourth-order valence-electron chi connectivity index (χ4n) is 10.0. The predicted molar refractivity (Wildman–Crippen MR) is 381 cm³/mol. The van der Waals surface area contributed by atoms with Crippen LogP contribution in [0.4, 0.5) is 0 Å². The predicted octanol–water partition coefficient (Wildman–Crippen LogP) is 20.9. The van der Waals surface area contributed by atoms with Gasteiger partial charge in [0, 0.05) is 25.7 Å². The smallest absolute Gasteiger partial charge is 0.462 e. The molecule has 0 aromatic heterocycles. The maximum absolute atomic E-state index is 13.0. The van der Waals surface area contributed by atoms with Crippen molar-refractivity contribution >= 4 is 39.5 Å². The number of esters is 4. The van der Waals surface area contributed by atoms with Crippen molar-refractivity contribution in [1.82, 2.24) is 0 Å². The molecule has 0 saturated heterocycles. The lowest BCUT2D eigenvalue weighted by Gasteiger charge is -2.21. The first-order valence-corrected chi connectivity index (χ1v) is 40.2. The molecule has 94 heavy (non-hydrogen) atoms. The van der Waals surface area contributed by atoms with Crippen LogP contribution in [0.25, 0.3) is 0 Å². The first-order valence-electron chi connectivity index (χ1n) is 37.2. The second-order valence-corrected chi connectivity index (χ2v) is 27.8. The Morgan fingerprint density at radius 3 is 0.883 bits per heavy atom. The maximum Gasteiger partial charge on any atom is 0.472 e. The van der Waals surface area contributed by atoms with E-state index in [0.717, 1.165) is 135 Å². The Kier molecular flexibility index (Phi) is 65.5. The fourth-order valence-corrected chi connectivity index (χ4v) is 11.6. The normalized spacial score (nSPS) is 14.4. The number of allylic oxidation sites excluding steroid dienone is 12. The molecule has 0 aromatic rings. The van der Waals surface area contributed by atoms with E-state index in [4.69, 9.17) is 37.0 Å². The highest BCUT2D eigenvalue weighted by Crippen LogP contribution is 2.45. The quantitative estimate of drug-likeness (QED) is 0.0169. The summed E-state index contributed by atoms with van der Waals surface area (Å²) in [5.41, 5.74) is 0. The van der Waals surface area contributed by atoms with Gasteiger partial charge in [-0.3, -0.25) is 37.3 Å². The number of carbonyl (C=O) groups excluding carboxylic acids is 4. The number of hydrogen-bond donors (Lipinski definition) is 3. The molecular weight excluding hydrogens is 1230 g/mol. The van der Waals surface area contributed by atoms with Crippen LogP contribution in [-0.2, 0) is 65.4 Å². The number of aliphatic hydroxyl groups is 1. The molecule has 0 spiro atoms. The molecule has 17 nitrogen and oxygen atoms in total. The maximum atomic E-state index is 13.0. The minimum atomic E-state index is -4.97. The van der Waals surface area contributed by atoms with Crippen molar-refractivity contribution in [3.05, 3.63) is 72.9 Å². The van der Waals surface area contributed by atoms with E-state index in [1.54, 1.807) is 0 Å². The van der Waals surface area contributed by atoms with Crippen LogP contribution in [0.5, 0.6) is 0 Å². The molecule has 546 valence electrons. The van der Waals surface area contributed by atoms with E-state index in [1.807, 2.05) is 0 Å².